The van der Waals surface area contributed by atoms with E-state index >= 15 is 0 Å². The average molecular weight is 436 g/mol. The Hall–Kier alpha value is -0.470. The van der Waals surface area contributed by atoms with Crippen LogP contribution in [0.2, 0.25) is 0 Å². The molecule has 0 fully saturated rings. The van der Waals surface area contributed by atoms with Crippen molar-refractivity contribution in [3.63, 3.8) is 0 Å². The molecule has 1 heterocycles. The van der Waals surface area contributed by atoms with E-state index in [9.17, 15) is 0 Å². The van der Waals surface area contributed by atoms with E-state index in [1.165, 1.54) is 5.56 Å². The van der Waals surface area contributed by atoms with Crippen molar-refractivity contribution in [2.75, 3.05) is 20.3 Å². The molecule has 2 rings (SSSR count). The molecule has 114 valence electrons. The lowest BCUT2D eigenvalue weighted by atomic mass is 10.2. The summed E-state index contributed by atoms with van der Waals surface area (Å²) in [5.41, 5.74) is 1.17. The molecule has 1 aromatic heterocycles. The summed E-state index contributed by atoms with van der Waals surface area (Å²) in [6, 6.07) is 4.11. The van der Waals surface area contributed by atoms with Gasteiger partial charge in [0.05, 0.1) is 15.6 Å². The summed E-state index contributed by atoms with van der Waals surface area (Å²) in [4.78, 5) is 4.21. The Bertz CT molecular complexity index is 541. The monoisotopic (exact) mass is 434 g/mol. The smallest absolute Gasteiger partial charge is 0.148 e. The van der Waals surface area contributed by atoms with Crippen molar-refractivity contribution < 1.29 is 9.47 Å². The zero-order valence-corrected chi connectivity index (χ0v) is 15.6. The Labute approximate surface area is 145 Å². The Morgan fingerprint density at radius 1 is 1.29 bits per heavy atom. The quantitative estimate of drug-likeness (QED) is 0.636. The molecule has 21 heavy (non-hydrogen) atoms. The number of benzene rings is 1. The molecule has 0 unspecified atom stereocenters. The predicted molar refractivity (Wildman–Crippen MR) is 91.9 cm³/mol. The van der Waals surface area contributed by atoms with Crippen LogP contribution in [0, 0.1) is 0 Å². The number of hydrogen-bond donors (Lipinski definition) is 1. The van der Waals surface area contributed by atoms with Crippen molar-refractivity contribution in [3.05, 3.63) is 43.2 Å². The van der Waals surface area contributed by atoms with Gasteiger partial charge in [0.1, 0.15) is 17.4 Å². The third-order valence-corrected chi connectivity index (χ3v) is 4.62. The van der Waals surface area contributed by atoms with Crippen molar-refractivity contribution in [2.24, 2.45) is 0 Å². The number of aromatic nitrogens is 1. The molecule has 0 radical (unpaired) electrons. The topological polar surface area (TPSA) is 43.4 Å². The van der Waals surface area contributed by atoms with Gasteiger partial charge in [0.2, 0.25) is 0 Å². The molecule has 0 amide bonds. The van der Waals surface area contributed by atoms with Gasteiger partial charge >= 0.3 is 0 Å². The second-order valence-electron chi connectivity index (χ2n) is 4.27. The first-order valence-corrected chi connectivity index (χ1v) is 8.86. The van der Waals surface area contributed by atoms with Gasteiger partial charge in [-0.25, -0.2) is 4.98 Å². The molecule has 0 spiro atoms. The Kier molecular flexibility index (Phi) is 7.12. The first kappa shape index (κ1) is 16.9. The minimum Gasteiger partial charge on any atom is -0.484 e. The molecule has 0 saturated carbocycles. The minimum absolute atomic E-state index is 0.473. The lowest BCUT2D eigenvalue weighted by Crippen LogP contribution is -2.18. The van der Waals surface area contributed by atoms with Gasteiger partial charge in [0, 0.05) is 31.8 Å². The molecule has 1 aromatic carbocycles. The number of thiazole rings is 1. The van der Waals surface area contributed by atoms with Gasteiger partial charge in [-0.05, 0) is 49.6 Å². The molecule has 2 aromatic rings. The van der Waals surface area contributed by atoms with E-state index in [1.807, 2.05) is 5.38 Å². The van der Waals surface area contributed by atoms with Crippen LogP contribution in [-0.2, 0) is 17.9 Å². The predicted octanol–water partition coefficient (Wildman–Crippen LogP) is 3.98. The van der Waals surface area contributed by atoms with Crippen molar-refractivity contribution in [2.45, 2.75) is 13.2 Å². The highest BCUT2D eigenvalue weighted by molar-refractivity contribution is 9.11. The second-order valence-corrected chi connectivity index (χ2v) is 6.96. The largest absolute Gasteiger partial charge is 0.484 e. The molecule has 0 saturated heterocycles. The maximum Gasteiger partial charge on any atom is 0.148 e. The highest BCUT2D eigenvalue weighted by Gasteiger charge is 2.10. The molecule has 7 heteroatoms. The minimum atomic E-state index is 0.473. The third-order valence-electron chi connectivity index (χ3n) is 2.69. The van der Waals surface area contributed by atoms with Crippen molar-refractivity contribution in [1.82, 2.24) is 10.3 Å². The van der Waals surface area contributed by atoms with Crippen LogP contribution in [0.1, 0.15) is 10.6 Å². The second kappa shape index (κ2) is 8.85. The van der Waals surface area contributed by atoms with Crippen LogP contribution in [0.15, 0.2) is 32.7 Å². The fraction of sp³-hybridized carbons (Fsp3) is 0.357. The number of rotatable bonds is 8. The van der Waals surface area contributed by atoms with Crippen LogP contribution in [0.5, 0.6) is 5.75 Å². The normalized spacial score (nSPS) is 10.8. The molecule has 1 N–H and O–H groups in total. The number of ether oxygens (including phenoxy) is 2. The average Bonchev–Trinajstić information content (AvgIpc) is 2.96. The lowest BCUT2D eigenvalue weighted by Gasteiger charge is -2.12. The molecule has 0 aliphatic rings. The fourth-order valence-electron chi connectivity index (χ4n) is 1.72. The Morgan fingerprint density at radius 3 is 2.67 bits per heavy atom. The van der Waals surface area contributed by atoms with Gasteiger partial charge in [-0.3, -0.25) is 0 Å². The van der Waals surface area contributed by atoms with Crippen LogP contribution in [0.25, 0.3) is 0 Å². The van der Waals surface area contributed by atoms with Gasteiger partial charge in [-0.15, -0.1) is 11.3 Å². The van der Waals surface area contributed by atoms with Crippen molar-refractivity contribution in [1.29, 1.82) is 0 Å². The number of nitrogens with one attached hydrogen (secondary N) is 1. The number of nitrogens with zero attached hydrogens (tertiary/aromatic N) is 1. The van der Waals surface area contributed by atoms with Crippen molar-refractivity contribution >= 4 is 43.2 Å². The zero-order valence-electron chi connectivity index (χ0n) is 11.6. The molecule has 0 aliphatic carbocycles. The van der Waals surface area contributed by atoms with E-state index < -0.39 is 0 Å². The van der Waals surface area contributed by atoms with E-state index in [-0.39, 0.29) is 0 Å². The van der Waals surface area contributed by atoms with Gasteiger partial charge < -0.3 is 14.8 Å². The van der Waals surface area contributed by atoms with E-state index in [0.717, 1.165) is 32.8 Å². The SMILES string of the molecule is COCCNCc1cc(Br)c(OCc2nccs2)c(Br)c1. The summed E-state index contributed by atoms with van der Waals surface area (Å²) < 4.78 is 12.7. The first-order chi connectivity index (χ1) is 10.2. The molecule has 4 nitrogen and oxygen atoms in total. The Morgan fingerprint density at radius 2 is 2.05 bits per heavy atom. The highest BCUT2D eigenvalue weighted by Crippen LogP contribution is 2.35. The Balaban J connectivity index is 1.96. The highest BCUT2D eigenvalue weighted by atomic mass is 79.9. The summed E-state index contributed by atoms with van der Waals surface area (Å²) in [6.45, 7) is 2.79. The first-order valence-electron chi connectivity index (χ1n) is 6.39. The van der Waals surface area contributed by atoms with Gasteiger partial charge in [0.15, 0.2) is 0 Å². The standard InChI is InChI=1S/C14H16Br2N2O2S/c1-19-4-2-17-8-10-6-11(15)14(12(16)7-10)20-9-13-18-3-5-21-13/h3,5-7,17H,2,4,8-9H2,1H3. The third kappa shape index (κ3) is 5.34. The van der Waals surface area contributed by atoms with E-state index in [0.29, 0.717) is 13.2 Å². The fourth-order valence-corrected chi connectivity index (χ4v) is 3.76. The number of methoxy groups -OCH3 is 1. The molecule has 0 atom stereocenters. The van der Waals surface area contributed by atoms with Crippen molar-refractivity contribution in [3.8, 4) is 5.75 Å². The van der Waals surface area contributed by atoms with Crippen LogP contribution >= 0.6 is 43.2 Å². The number of hydrogen-bond acceptors (Lipinski definition) is 5. The zero-order chi connectivity index (χ0) is 15.1. The maximum atomic E-state index is 5.82. The molecule has 0 aliphatic heterocycles. The van der Waals surface area contributed by atoms with Gasteiger partial charge in [-0.1, -0.05) is 0 Å². The lowest BCUT2D eigenvalue weighted by molar-refractivity contribution is 0.199. The van der Waals surface area contributed by atoms with Crippen LogP contribution in [0.4, 0.5) is 0 Å². The van der Waals surface area contributed by atoms with E-state index in [4.69, 9.17) is 9.47 Å². The van der Waals surface area contributed by atoms with E-state index in [1.54, 1.807) is 24.6 Å². The van der Waals surface area contributed by atoms with Gasteiger partial charge in [0.25, 0.3) is 0 Å². The molecular weight excluding hydrogens is 420 g/mol. The van der Waals surface area contributed by atoms with Crippen LogP contribution < -0.4 is 10.1 Å². The molecular formula is C14H16Br2N2O2S. The van der Waals surface area contributed by atoms with Crippen LogP contribution in [-0.4, -0.2) is 25.2 Å². The number of halogens is 2. The summed E-state index contributed by atoms with van der Waals surface area (Å²) in [5, 5.41) is 6.21. The summed E-state index contributed by atoms with van der Waals surface area (Å²) in [7, 11) is 1.70. The summed E-state index contributed by atoms with van der Waals surface area (Å²) in [5.74, 6) is 0.797. The van der Waals surface area contributed by atoms with Gasteiger partial charge in [-0.2, -0.15) is 0 Å². The maximum absolute atomic E-state index is 5.82. The van der Waals surface area contributed by atoms with E-state index in [2.05, 4.69) is 54.3 Å². The van der Waals surface area contributed by atoms with Crippen LogP contribution in [0.3, 0.4) is 0 Å². The summed E-state index contributed by atoms with van der Waals surface area (Å²) >= 11 is 8.71. The summed E-state index contributed by atoms with van der Waals surface area (Å²) in [6.07, 6.45) is 1.78. The molecule has 0 bridgehead atoms.